The summed E-state index contributed by atoms with van der Waals surface area (Å²) in [6.45, 7) is 8.00. The number of hydrogen-bond donors (Lipinski definition) is 1. The van der Waals surface area contributed by atoms with E-state index in [0.29, 0.717) is 12.0 Å². The van der Waals surface area contributed by atoms with Gasteiger partial charge in [0, 0.05) is 46.4 Å². The van der Waals surface area contributed by atoms with E-state index in [4.69, 9.17) is 9.47 Å². The van der Waals surface area contributed by atoms with E-state index in [1.54, 1.807) is 7.11 Å². The first-order valence-corrected chi connectivity index (χ1v) is 10.2. The lowest BCUT2D eigenvalue weighted by Gasteiger charge is -2.34. The summed E-state index contributed by atoms with van der Waals surface area (Å²) in [7, 11) is 3.62. The lowest BCUT2D eigenvalue weighted by molar-refractivity contribution is 0.0263. The molecule has 0 aromatic heterocycles. The number of methoxy groups -OCH3 is 1. The second-order valence-corrected chi connectivity index (χ2v) is 7.34. The number of ether oxygens (including phenoxy) is 2. The van der Waals surface area contributed by atoms with Crippen molar-refractivity contribution in [1.82, 2.24) is 10.2 Å². The molecular weight excluding hydrogens is 467 g/mol. The average molecular weight is 502 g/mol. The van der Waals surface area contributed by atoms with Crippen LogP contribution in [0.4, 0.5) is 5.69 Å². The normalized spacial score (nSPS) is 20.8. The van der Waals surface area contributed by atoms with E-state index in [-0.39, 0.29) is 24.0 Å². The Bertz CT molecular complexity index is 620. The van der Waals surface area contributed by atoms with Crippen molar-refractivity contribution < 1.29 is 9.47 Å². The van der Waals surface area contributed by atoms with E-state index in [1.165, 1.54) is 12.1 Å². The van der Waals surface area contributed by atoms with Crippen LogP contribution in [0.5, 0.6) is 5.75 Å². The van der Waals surface area contributed by atoms with Crippen LogP contribution in [-0.4, -0.2) is 70.5 Å². The highest BCUT2D eigenvalue weighted by molar-refractivity contribution is 14.0. The van der Waals surface area contributed by atoms with Crippen LogP contribution in [0.3, 0.4) is 0 Å². The summed E-state index contributed by atoms with van der Waals surface area (Å²) in [5.74, 6) is 2.60. The molecule has 2 saturated heterocycles. The number of anilines is 1. The number of benzene rings is 1. The zero-order chi connectivity index (χ0) is 19.1. The van der Waals surface area contributed by atoms with Crippen molar-refractivity contribution in [2.24, 2.45) is 10.9 Å². The minimum atomic E-state index is 0. The molecule has 1 aromatic carbocycles. The molecule has 1 atom stereocenters. The van der Waals surface area contributed by atoms with Crippen LogP contribution in [0.15, 0.2) is 29.3 Å². The molecule has 0 bridgehead atoms. The molecule has 3 rings (SSSR count). The summed E-state index contributed by atoms with van der Waals surface area (Å²) in [4.78, 5) is 9.30. The van der Waals surface area contributed by atoms with E-state index >= 15 is 0 Å². The number of hydrogen-bond acceptors (Lipinski definition) is 4. The Morgan fingerprint density at radius 3 is 2.61 bits per heavy atom. The van der Waals surface area contributed by atoms with Crippen LogP contribution in [0.2, 0.25) is 0 Å². The molecule has 1 N–H and O–H groups in total. The van der Waals surface area contributed by atoms with Crippen molar-refractivity contribution in [3.05, 3.63) is 24.3 Å². The van der Waals surface area contributed by atoms with E-state index < -0.39 is 0 Å². The van der Waals surface area contributed by atoms with E-state index in [2.05, 4.69) is 39.2 Å². The minimum absolute atomic E-state index is 0. The molecule has 0 saturated carbocycles. The second-order valence-electron chi connectivity index (χ2n) is 7.34. The van der Waals surface area contributed by atoms with Crippen molar-refractivity contribution in [3.8, 4) is 5.75 Å². The quantitative estimate of drug-likeness (QED) is 0.368. The Morgan fingerprint density at radius 1 is 1.18 bits per heavy atom. The highest BCUT2D eigenvalue weighted by atomic mass is 127. The lowest BCUT2D eigenvalue weighted by Crippen LogP contribution is -2.48. The van der Waals surface area contributed by atoms with Gasteiger partial charge in [0.1, 0.15) is 5.75 Å². The summed E-state index contributed by atoms with van der Waals surface area (Å²) < 4.78 is 11.3. The number of piperidine rings is 1. The van der Waals surface area contributed by atoms with Crippen molar-refractivity contribution in [1.29, 1.82) is 0 Å². The monoisotopic (exact) mass is 502 g/mol. The zero-order valence-electron chi connectivity index (χ0n) is 17.4. The van der Waals surface area contributed by atoms with Gasteiger partial charge in [0.25, 0.3) is 0 Å². The van der Waals surface area contributed by atoms with Gasteiger partial charge in [0.05, 0.1) is 18.9 Å². The van der Waals surface area contributed by atoms with Crippen molar-refractivity contribution in [2.45, 2.75) is 32.3 Å². The Hall–Kier alpha value is -1.22. The summed E-state index contributed by atoms with van der Waals surface area (Å²) in [5, 5.41) is 3.61. The Morgan fingerprint density at radius 2 is 1.93 bits per heavy atom. The van der Waals surface area contributed by atoms with Gasteiger partial charge in [0.2, 0.25) is 0 Å². The molecule has 6 nitrogen and oxygen atoms in total. The van der Waals surface area contributed by atoms with Gasteiger partial charge in [-0.05, 0) is 44.2 Å². The van der Waals surface area contributed by atoms with Crippen LogP contribution in [-0.2, 0) is 4.74 Å². The van der Waals surface area contributed by atoms with E-state index in [9.17, 15) is 0 Å². The predicted octanol–water partition coefficient (Wildman–Crippen LogP) is 3.22. The number of guanidine groups is 1. The molecule has 0 aliphatic carbocycles. The molecule has 7 heteroatoms. The summed E-state index contributed by atoms with van der Waals surface area (Å²) >= 11 is 0. The third-order valence-corrected chi connectivity index (χ3v) is 5.62. The molecule has 1 aromatic rings. The highest BCUT2D eigenvalue weighted by Gasteiger charge is 2.26. The van der Waals surface area contributed by atoms with Gasteiger partial charge in [-0.25, -0.2) is 0 Å². The molecule has 2 aliphatic rings. The number of halogens is 1. The fourth-order valence-electron chi connectivity index (χ4n) is 4.15. The SMILES string of the molecule is CCOC1CCN(C(=NC)NCC2CCN(c3ccccc3OC)C2)CC1.I. The molecular formula is C21H35IN4O2. The number of para-hydroxylation sites is 2. The van der Waals surface area contributed by atoms with Crippen molar-refractivity contribution >= 4 is 35.6 Å². The maximum atomic E-state index is 5.76. The fourth-order valence-corrected chi connectivity index (χ4v) is 4.15. The van der Waals surface area contributed by atoms with Gasteiger partial charge in [-0.1, -0.05) is 12.1 Å². The van der Waals surface area contributed by atoms with Crippen molar-refractivity contribution in [2.75, 3.05) is 58.4 Å². The molecule has 2 heterocycles. The molecule has 0 spiro atoms. The van der Waals surface area contributed by atoms with Crippen LogP contribution in [0.1, 0.15) is 26.2 Å². The van der Waals surface area contributed by atoms with Gasteiger partial charge in [-0.3, -0.25) is 4.99 Å². The van der Waals surface area contributed by atoms with E-state index in [1.807, 2.05) is 19.2 Å². The third kappa shape index (κ3) is 5.89. The summed E-state index contributed by atoms with van der Waals surface area (Å²) in [6.07, 6.45) is 3.77. The third-order valence-electron chi connectivity index (χ3n) is 5.62. The first-order chi connectivity index (χ1) is 13.2. The van der Waals surface area contributed by atoms with Gasteiger partial charge >= 0.3 is 0 Å². The second kappa shape index (κ2) is 11.7. The number of nitrogens with one attached hydrogen (secondary N) is 1. The lowest BCUT2D eigenvalue weighted by atomic mass is 10.1. The molecule has 0 amide bonds. The molecule has 2 fully saturated rings. The van der Waals surface area contributed by atoms with Crippen molar-refractivity contribution in [3.63, 3.8) is 0 Å². The Kier molecular flexibility index (Phi) is 9.64. The van der Waals surface area contributed by atoms with Gasteiger partial charge in [-0.15, -0.1) is 24.0 Å². The van der Waals surface area contributed by atoms with Gasteiger partial charge in [0.15, 0.2) is 5.96 Å². The number of nitrogens with zero attached hydrogens (tertiary/aromatic N) is 3. The van der Waals surface area contributed by atoms with Gasteiger partial charge in [-0.2, -0.15) is 0 Å². The smallest absolute Gasteiger partial charge is 0.193 e. The summed E-state index contributed by atoms with van der Waals surface area (Å²) in [6, 6.07) is 8.29. The van der Waals surface area contributed by atoms with Crippen LogP contribution in [0, 0.1) is 5.92 Å². The van der Waals surface area contributed by atoms with Crippen LogP contribution < -0.4 is 15.0 Å². The van der Waals surface area contributed by atoms with Crippen LogP contribution in [0.25, 0.3) is 0 Å². The fraction of sp³-hybridized carbons (Fsp3) is 0.667. The molecule has 158 valence electrons. The van der Waals surface area contributed by atoms with Crippen LogP contribution >= 0.6 is 24.0 Å². The molecule has 2 aliphatic heterocycles. The average Bonchev–Trinajstić information content (AvgIpc) is 3.18. The van der Waals surface area contributed by atoms with Gasteiger partial charge < -0.3 is 24.6 Å². The zero-order valence-corrected chi connectivity index (χ0v) is 19.7. The molecule has 1 unspecified atom stereocenters. The Balaban J connectivity index is 0.00000280. The maximum Gasteiger partial charge on any atom is 0.193 e. The molecule has 0 radical (unpaired) electrons. The number of aliphatic imine (C=N–C) groups is 1. The number of rotatable bonds is 6. The largest absolute Gasteiger partial charge is 0.495 e. The Labute approximate surface area is 186 Å². The first-order valence-electron chi connectivity index (χ1n) is 10.2. The standard InChI is InChI=1S/C21H34N4O2.HI/c1-4-27-18-10-13-24(14-11-18)21(22-2)23-15-17-9-12-25(16-17)19-7-5-6-8-20(19)26-3;/h5-8,17-18H,4,9-16H2,1-3H3,(H,22,23);1H. The summed E-state index contributed by atoms with van der Waals surface area (Å²) in [5.41, 5.74) is 1.20. The topological polar surface area (TPSA) is 49.3 Å². The number of likely N-dealkylation sites (tertiary alicyclic amines) is 1. The first kappa shape index (κ1) is 23.1. The molecule has 28 heavy (non-hydrogen) atoms. The minimum Gasteiger partial charge on any atom is -0.495 e. The maximum absolute atomic E-state index is 5.76. The highest BCUT2D eigenvalue weighted by Crippen LogP contribution is 2.31. The predicted molar refractivity (Wildman–Crippen MR) is 126 cm³/mol. The van der Waals surface area contributed by atoms with E-state index in [0.717, 1.165) is 63.9 Å².